The summed E-state index contributed by atoms with van der Waals surface area (Å²) in [6.45, 7) is 2.26. The van der Waals surface area contributed by atoms with Crippen LogP contribution in [0.1, 0.15) is 73.6 Å². The molecule has 0 unspecified atom stereocenters. The van der Waals surface area contributed by atoms with Gasteiger partial charge in [-0.25, -0.2) is 8.78 Å². The van der Waals surface area contributed by atoms with E-state index in [9.17, 15) is 8.78 Å². The van der Waals surface area contributed by atoms with Crippen LogP contribution in [0, 0.1) is 40.7 Å². The van der Waals surface area contributed by atoms with Gasteiger partial charge in [0.1, 0.15) is 23.3 Å². The van der Waals surface area contributed by atoms with Crippen molar-refractivity contribution in [1.29, 1.82) is 5.26 Å². The smallest absolute Gasteiger partial charge is 0.145 e. The lowest BCUT2D eigenvalue weighted by molar-refractivity contribution is 0.308. The Balaban J connectivity index is 1.67. The Kier molecular flexibility index (Phi) is 6.25. The Labute approximate surface area is 160 Å². The lowest BCUT2D eigenvalue weighted by Gasteiger charge is -2.28. The molecule has 1 aliphatic carbocycles. The van der Waals surface area contributed by atoms with Crippen LogP contribution in [0.15, 0.2) is 36.4 Å². The zero-order valence-corrected chi connectivity index (χ0v) is 15.6. The molecule has 2 aromatic rings. The van der Waals surface area contributed by atoms with Gasteiger partial charge in [0.2, 0.25) is 0 Å². The van der Waals surface area contributed by atoms with Gasteiger partial charge in [-0.05, 0) is 67.3 Å². The first-order valence-corrected chi connectivity index (χ1v) is 9.61. The molecule has 0 saturated heterocycles. The average molecular weight is 363 g/mol. The molecule has 0 aromatic heterocycles. The van der Waals surface area contributed by atoms with Crippen molar-refractivity contribution in [3.05, 3.63) is 70.3 Å². The summed E-state index contributed by atoms with van der Waals surface area (Å²) >= 11 is 0. The highest BCUT2D eigenvalue weighted by atomic mass is 19.1. The summed E-state index contributed by atoms with van der Waals surface area (Å²) < 4.78 is 27.3. The van der Waals surface area contributed by atoms with Crippen molar-refractivity contribution in [1.82, 2.24) is 0 Å². The molecule has 3 heteroatoms. The minimum absolute atomic E-state index is 0.224. The highest BCUT2D eigenvalue weighted by Crippen LogP contribution is 2.37. The molecule has 3 rings (SSSR count). The van der Waals surface area contributed by atoms with E-state index in [0.29, 0.717) is 5.92 Å². The molecule has 138 valence electrons. The second kappa shape index (κ2) is 8.83. The Morgan fingerprint density at radius 2 is 1.52 bits per heavy atom. The van der Waals surface area contributed by atoms with Crippen molar-refractivity contribution in [2.75, 3.05) is 0 Å². The van der Waals surface area contributed by atoms with Crippen LogP contribution in [-0.4, -0.2) is 0 Å². The number of halogens is 2. The Hall–Kier alpha value is -2.65. The minimum Gasteiger partial charge on any atom is -0.205 e. The second-order valence-electron chi connectivity index (χ2n) is 7.31. The standard InChI is InChI=1S/C24H23F2N/c1-2-3-17-6-10-20(11-7-17)21-12-8-18(9-13-21)4-5-19-14-23(25)22(16-27)24(26)15-19/h8-9,12-15,17,20H,2-3,6-7,10-11H2,1H3. The Morgan fingerprint density at radius 3 is 2.07 bits per heavy atom. The summed E-state index contributed by atoms with van der Waals surface area (Å²) in [4.78, 5) is 0. The molecule has 1 fully saturated rings. The van der Waals surface area contributed by atoms with Crippen molar-refractivity contribution in [3.63, 3.8) is 0 Å². The number of hydrogen-bond donors (Lipinski definition) is 0. The molecular formula is C24H23F2N. The van der Waals surface area contributed by atoms with Gasteiger partial charge in [0.05, 0.1) is 0 Å². The molecule has 0 atom stereocenters. The molecule has 0 spiro atoms. The highest BCUT2D eigenvalue weighted by Gasteiger charge is 2.21. The molecule has 0 amide bonds. The summed E-state index contributed by atoms with van der Waals surface area (Å²) in [6.07, 6.45) is 7.75. The summed E-state index contributed by atoms with van der Waals surface area (Å²) in [5, 5.41) is 8.71. The van der Waals surface area contributed by atoms with E-state index in [4.69, 9.17) is 5.26 Å². The predicted octanol–water partition coefficient (Wildman–Crippen LogP) is 6.31. The van der Waals surface area contributed by atoms with Crippen LogP contribution < -0.4 is 0 Å². The Bertz CT molecular complexity index is 866. The number of hydrogen-bond acceptors (Lipinski definition) is 1. The van der Waals surface area contributed by atoms with Gasteiger partial charge >= 0.3 is 0 Å². The van der Waals surface area contributed by atoms with Crippen LogP contribution in [-0.2, 0) is 0 Å². The van der Waals surface area contributed by atoms with Gasteiger partial charge in [-0.2, -0.15) is 5.26 Å². The van der Waals surface area contributed by atoms with E-state index in [1.165, 1.54) is 50.2 Å². The molecule has 0 heterocycles. The zero-order chi connectivity index (χ0) is 19.2. The van der Waals surface area contributed by atoms with E-state index in [2.05, 4.69) is 30.9 Å². The normalized spacial score (nSPS) is 19.0. The molecule has 1 nitrogen and oxygen atoms in total. The number of benzene rings is 2. The van der Waals surface area contributed by atoms with Gasteiger partial charge in [-0.3, -0.25) is 0 Å². The first kappa shape index (κ1) is 19.1. The van der Waals surface area contributed by atoms with E-state index in [1.807, 2.05) is 12.1 Å². The van der Waals surface area contributed by atoms with Crippen molar-refractivity contribution in [2.45, 2.75) is 51.4 Å². The van der Waals surface area contributed by atoms with E-state index in [0.717, 1.165) is 23.6 Å². The van der Waals surface area contributed by atoms with E-state index in [-0.39, 0.29) is 5.56 Å². The molecule has 0 N–H and O–H groups in total. The SMILES string of the molecule is CCCC1CCC(c2ccc(C#Cc3cc(F)c(C#N)c(F)c3)cc2)CC1. The number of nitrogens with zero attached hydrogens (tertiary/aromatic N) is 1. The lowest BCUT2D eigenvalue weighted by atomic mass is 9.77. The van der Waals surface area contributed by atoms with Crippen molar-refractivity contribution < 1.29 is 8.78 Å². The van der Waals surface area contributed by atoms with Gasteiger partial charge in [0.15, 0.2) is 0 Å². The average Bonchev–Trinajstić information content (AvgIpc) is 2.67. The van der Waals surface area contributed by atoms with Crippen LogP contribution in [0.2, 0.25) is 0 Å². The summed E-state index contributed by atoms with van der Waals surface area (Å²) in [7, 11) is 0. The van der Waals surface area contributed by atoms with Crippen molar-refractivity contribution in [2.24, 2.45) is 5.92 Å². The first-order valence-electron chi connectivity index (χ1n) is 9.61. The summed E-state index contributed by atoms with van der Waals surface area (Å²) in [5.41, 5.74) is 1.82. The molecule has 0 radical (unpaired) electrons. The van der Waals surface area contributed by atoms with Gasteiger partial charge in [-0.15, -0.1) is 0 Å². The quantitative estimate of drug-likeness (QED) is 0.586. The second-order valence-corrected chi connectivity index (χ2v) is 7.31. The first-order chi connectivity index (χ1) is 13.1. The van der Waals surface area contributed by atoms with Crippen LogP contribution >= 0.6 is 0 Å². The third kappa shape index (κ3) is 4.75. The van der Waals surface area contributed by atoms with Gasteiger partial charge in [0, 0.05) is 11.1 Å². The molecule has 0 bridgehead atoms. The van der Waals surface area contributed by atoms with Crippen LogP contribution in [0.4, 0.5) is 8.78 Å². The fourth-order valence-electron chi connectivity index (χ4n) is 3.93. The van der Waals surface area contributed by atoms with E-state index >= 15 is 0 Å². The van der Waals surface area contributed by atoms with Crippen molar-refractivity contribution >= 4 is 0 Å². The van der Waals surface area contributed by atoms with Gasteiger partial charge in [-0.1, -0.05) is 43.7 Å². The molecule has 1 saturated carbocycles. The summed E-state index contributed by atoms with van der Waals surface area (Å²) in [6, 6.07) is 11.9. The minimum atomic E-state index is -0.879. The molecule has 0 aliphatic heterocycles. The molecule has 1 aliphatic rings. The maximum absolute atomic E-state index is 13.6. The molecule has 2 aromatic carbocycles. The number of rotatable bonds is 3. The van der Waals surface area contributed by atoms with Crippen LogP contribution in [0.5, 0.6) is 0 Å². The third-order valence-electron chi connectivity index (χ3n) is 5.43. The van der Waals surface area contributed by atoms with Gasteiger partial charge in [0.25, 0.3) is 0 Å². The lowest BCUT2D eigenvalue weighted by Crippen LogP contribution is -2.13. The van der Waals surface area contributed by atoms with Crippen molar-refractivity contribution in [3.8, 4) is 17.9 Å². The maximum atomic E-state index is 13.6. The van der Waals surface area contributed by atoms with Crippen LogP contribution in [0.3, 0.4) is 0 Å². The fraction of sp³-hybridized carbons (Fsp3) is 0.375. The predicted molar refractivity (Wildman–Crippen MR) is 103 cm³/mol. The number of nitriles is 1. The van der Waals surface area contributed by atoms with Gasteiger partial charge < -0.3 is 0 Å². The Morgan fingerprint density at radius 1 is 0.926 bits per heavy atom. The monoisotopic (exact) mass is 363 g/mol. The molecule has 27 heavy (non-hydrogen) atoms. The zero-order valence-electron chi connectivity index (χ0n) is 15.6. The molecular weight excluding hydrogens is 340 g/mol. The third-order valence-corrected chi connectivity index (χ3v) is 5.43. The maximum Gasteiger partial charge on any atom is 0.145 e. The fourth-order valence-corrected chi connectivity index (χ4v) is 3.93. The van der Waals surface area contributed by atoms with E-state index < -0.39 is 17.2 Å². The largest absolute Gasteiger partial charge is 0.205 e. The topological polar surface area (TPSA) is 23.8 Å². The summed E-state index contributed by atoms with van der Waals surface area (Å²) in [5.74, 6) is 5.48. The highest BCUT2D eigenvalue weighted by molar-refractivity contribution is 5.46. The van der Waals surface area contributed by atoms with Crippen LogP contribution in [0.25, 0.3) is 0 Å². The van der Waals surface area contributed by atoms with E-state index in [1.54, 1.807) is 0 Å².